The van der Waals surface area contributed by atoms with Crippen LogP contribution in [0.15, 0.2) is 42.5 Å². The molecule has 33 heavy (non-hydrogen) atoms. The Labute approximate surface area is 192 Å². The second kappa shape index (κ2) is 8.69. The predicted molar refractivity (Wildman–Crippen MR) is 122 cm³/mol. The number of carbonyl (C=O) groups is 4. The zero-order valence-electron chi connectivity index (χ0n) is 18.9. The summed E-state index contributed by atoms with van der Waals surface area (Å²) in [6.07, 6.45) is 2.84. The minimum Gasteiger partial charge on any atom is -0.459 e. The van der Waals surface area contributed by atoms with Crippen molar-refractivity contribution in [1.82, 2.24) is 10.2 Å². The van der Waals surface area contributed by atoms with E-state index >= 15 is 0 Å². The van der Waals surface area contributed by atoms with Gasteiger partial charge in [-0.2, -0.15) is 0 Å². The van der Waals surface area contributed by atoms with Crippen LogP contribution in [-0.2, 0) is 32.7 Å². The third-order valence-electron chi connectivity index (χ3n) is 6.00. The highest BCUT2D eigenvalue weighted by atomic mass is 16.5. The van der Waals surface area contributed by atoms with Crippen LogP contribution in [0.3, 0.4) is 0 Å². The summed E-state index contributed by atoms with van der Waals surface area (Å²) in [6, 6.07) is 11.5. The molecule has 1 heterocycles. The fourth-order valence-electron chi connectivity index (χ4n) is 4.23. The number of hydrogen-bond donors (Lipinski definition) is 2. The third kappa shape index (κ3) is 4.46. The largest absolute Gasteiger partial charge is 0.459 e. The maximum atomic E-state index is 13.1. The second-order valence-corrected chi connectivity index (χ2v) is 8.86. The van der Waals surface area contributed by atoms with Crippen LogP contribution in [0.5, 0.6) is 0 Å². The number of nitrogens with zero attached hydrogens (tertiary/aromatic N) is 1. The van der Waals surface area contributed by atoms with Crippen LogP contribution in [-0.4, -0.2) is 41.4 Å². The number of amides is 4. The van der Waals surface area contributed by atoms with Gasteiger partial charge in [0.15, 0.2) is 0 Å². The van der Waals surface area contributed by atoms with E-state index in [0.29, 0.717) is 16.8 Å². The van der Waals surface area contributed by atoms with Crippen molar-refractivity contribution in [2.45, 2.75) is 51.7 Å². The lowest BCUT2D eigenvalue weighted by Crippen LogP contribution is -2.42. The van der Waals surface area contributed by atoms with Crippen molar-refractivity contribution >= 4 is 29.5 Å². The number of urea groups is 1. The van der Waals surface area contributed by atoms with Crippen molar-refractivity contribution in [2.24, 2.45) is 0 Å². The summed E-state index contributed by atoms with van der Waals surface area (Å²) in [4.78, 5) is 51.1. The third-order valence-corrected chi connectivity index (χ3v) is 6.00. The van der Waals surface area contributed by atoms with Crippen molar-refractivity contribution in [3.8, 4) is 0 Å². The van der Waals surface area contributed by atoms with Crippen molar-refractivity contribution in [2.75, 3.05) is 11.9 Å². The molecule has 1 atom stereocenters. The van der Waals surface area contributed by atoms with E-state index in [1.165, 1.54) is 11.1 Å². The Balaban J connectivity index is 1.41. The first-order valence-electron chi connectivity index (χ1n) is 11.0. The molecule has 172 valence electrons. The van der Waals surface area contributed by atoms with Gasteiger partial charge in [-0.3, -0.25) is 14.5 Å². The SMILES string of the molecule is CC(C)OC(=O)c1ccc(NC(=O)CN2C(=O)NC(C)(c3ccc4c(c3)CCC4)C2=O)cc1. The molecule has 0 radical (unpaired) electrons. The molecule has 0 bridgehead atoms. The van der Waals surface area contributed by atoms with E-state index in [1.807, 2.05) is 18.2 Å². The number of hydrogen-bond acceptors (Lipinski definition) is 5. The van der Waals surface area contributed by atoms with E-state index < -0.39 is 35.9 Å². The maximum Gasteiger partial charge on any atom is 0.338 e. The molecule has 4 rings (SSSR count). The molecule has 0 saturated carbocycles. The molecule has 1 fully saturated rings. The van der Waals surface area contributed by atoms with Crippen molar-refractivity contribution < 1.29 is 23.9 Å². The predicted octanol–water partition coefficient (Wildman–Crippen LogP) is 3.15. The summed E-state index contributed by atoms with van der Waals surface area (Å²) >= 11 is 0. The highest BCUT2D eigenvalue weighted by Crippen LogP contribution is 2.32. The molecule has 0 aromatic heterocycles. The average molecular weight is 450 g/mol. The maximum absolute atomic E-state index is 13.1. The van der Waals surface area contributed by atoms with E-state index in [-0.39, 0.29) is 6.10 Å². The van der Waals surface area contributed by atoms with Gasteiger partial charge in [0.05, 0.1) is 11.7 Å². The molecule has 0 spiro atoms. The van der Waals surface area contributed by atoms with E-state index in [0.717, 1.165) is 24.2 Å². The van der Waals surface area contributed by atoms with Gasteiger partial charge in [0.1, 0.15) is 12.1 Å². The highest BCUT2D eigenvalue weighted by Gasteiger charge is 2.49. The Kier molecular flexibility index (Phi) is 5.93. The molecule has 1 unspecified atom stereocenters. The highest BCUT2D eigenvalue weighted by molar-refractivity contribution is 6.10. The summed E-state index contributed by atoms with van der Waals surface area (Å²) in [7, 11) is 0. The summed E-state index contributed by atoms with van der Waals surface area (Å²) in [5.41, 5.74) is 2.78. The summed E-state index contributed by atoms with van der Waals surface area (Å²) in [6.45, 7) is 4.77. The topological polar surface area (TPSA) is 105 Å². The van der Waals surface area contributed by atoms with Gasteiger partial charge in [0, 0.05) is 5.69 Å². The van der Waals surface area contributed by atoms with Crippen LogP contribution in [0.2, 0.25) is 0 Å². The quantitative estimate of drug-likeness (QED) is 0.521. The number of imide groups is 1. The molecule has 2 aromatic rings. The molecule has 2 aliphatic rings. The smallest absolute Gasteiger partial charge is 0.338 e. The molecule has 2 aromatic carbocycles. The fraction of sp³-hybridized carbons (Fsp3) is 0.360. The Hall–Kier alpha value is -3.68. The number of aryl methyl sites for hydroxylation is 2. The van der Waals surface area contributed by atoms with Gasteiger partial charge in [-0.25, -0.2) is 9.59 Å². The second-order valence-electron chi connectivity index (χ2n) is 8.86. The molecule has 1 aliphatic heterocycles. The van der Waals surface area contributed by atoms with Crippen molar-refractivity contribution in [3.05, 3.63) is 64.7 Å². The van der Waals surface area contributed by atoms with Gasteiger partial charge in [0.25, 0.3) is 5.91 Å². The number of fused-ring (bicyclic) bond motifs is 1. The Bertz CT molecular complexity index is 1130. The summed E-state index contributed by atoms with van der Waals surface area (Å²) in [5, 5.41) is 5.40. The van der Waals surface area contributed by atoms with Crippen LogP contribution < -0.4 is 10.6 Å². The average Bonchev–Trinajstić information content (AvgIpc) is 3.32. The van der Waals surface area contributed by atoms with E-state index in [2.05, 4.69) is 10.6 Å². The van der Waals surface area contributed by atoms with E-state index in [1.54, 1.807) is 45.0 Å². The Morgan fingerprint density at radius 2 is 1.79 bits per heavy atom. The molecular weight excluding hydrogens is 422 g/mol. The molecule has 2 N–H and O–H groups in total. The van der Waals surface area contributed by atoms with Crippen molar-refractivity contribution in [1.29, 1.82) is 0 Å². The van der Waals surface area contributed by atoms with E-state index in [9.17, 15) is 19.2 Å². The molecule has 8 nitrogen and oxygen atoms in total. The standard InChI is InChI=1S/C25H27N3O5/c1-15(2)33-22(30)17-8-11-20(12-9-17)26-21(29)14-28-23(31)25(3,27-24(28)32)19-10-7-16-5-4-6-18(16)13-19/h7-13,15H,4-6,14H2,1-3H3,(H,26,29)(H,27,32). The van der Waals surface area contributed by atoms with Crippen LogP contribution in [0.1, 0.15) is 54.2 Å². The van der Waals surface area contributed by atoms with Gasteiger partial charge in [-0.15, -0.1) is 0 Å². The minimum absolute atomic E-state index is 0.233. The first-order valence-corrected chi connectivity index (χ1v) is 11.0. The number of anilines is 1. The van der Waals surface area contributed by atoms with Crippen LogP contribution >= 0.6 is 0 Å². The van der Waals surface area contributed by atoms with Gasteiger partial charge >= 0.3 is 12.0 Å². The summed E-state index contributed by atoms with van der Waals surface area (Å²) in [5.74, 6) is -1.44. The molecule has 4 amide bonds. The Morgan fingerprint density at radius 1 is 1.09 bits per heavy atom. The molecule has 8 heteroatoms. The number of benzene rings is 2. The monoisotopic (exact) mass is 449 g/mol. The number of esters is 1. The zero-order chi connectivity index (χ0) is 23.8. The molecular formula is C25H27N3O5. The van der Waals surface area contributed by atoms with E-state index in [4.69, 9.17) is 4.74 Å². The number of nitrogens with one attached hydrogen (secondary N) is 2. The lowest BCUT2D eigenvalue weighted by Gasteiger charge is -2.23. The van der Waals surface area contributed by atoms with Crippen molar-refractivity contribution in [3.63, 3.8) is 0 Å². The lowest BCUT2D eigenvalue weighted by molar-refractivity contribution is -0.133. The van der Waals surface area contributed by atoms with Crippen LogP contribution in [0.25, 0.3) is 0 Å². The number of ether oxygens (including phenoxy) is 1. The molecule has 1 saturated heterocycles. The number of carbonyl (C=O) groups excluding carboxylic acids is 4. The molecule has 1 aliphatic carbocycles. The van der Waals surface area contributed by atoms with Gasteiger partial charge in [-0.1, -0.05) is 18.2 Å². The number of rotatable bonds is 6. The fourth-order valence-corrected chi connectivity index (χ4v) is 4.23. The minimum atomic E-state index is -1.21. The first-order chi connectivity index (χ1) is 15.7. The van der Waals surface area contributed by atoms with Gasteiger partial charge in [0.2, 0.25) is 5.91 Å². The van der Waals surface area contributed by atoms with Gasteiger partial charge in [-0.05, 0) is 81.0 Å². The van der Waals surface area contributed by atoms with Crippen LogP contribution in [0, 0.1) is 0 Å². The lowest BCUT2D eigenvalue weighted by atomic mass is 9.89. The summed E-state index contributed by atoms with van der Waals surface area (Å²) < 4.78 is 5.14. The first kappa shape index (κ1) is 22.5. The van der Waals surface area contributed by atoms with Crippen LogP contribution in [0.4, 0.5) is 10.5 Å². The normalized spacial score (nSPS) is 19.5. The zero-order valence-corrected chi connectivity index (χ0v) is 18.9. The Morgan fingerprint density at radius 3 is 2.48 bits per heavy atom. The van der Waals surface area contributed by atoms with Gasteiger partial charge < -0.3 is 15.4 Å².